The fraction of sp³-hybridized carbons (Fsp3) is 0.706. The molecule has 0 spiro atoms. The zero-order valence-electron chi connectivity index (χ0n) is 15.2. The summed E-state index contributed by atoms with van der Waals surface area (Å²) < 4.78 is 25.4. The number of thiophene rings is 1. The van der Waals surface area contributed by atoms with Gasteiger partial charge in [-0.15, -0.1) is 11.3 Å². The van der Waals surface area contributed by atoms with E-state index in [1.54, 1.807) is 14.0 Å². The Hall–Kier alpha value is -1.12. The second kappa shape index (κ2) is 9.54. The molecule has 1 saturated carbocycles. The van der Waals surface area contributed by atoms with Crippen LogP contribution in [0, 0.1) is 0 Å². The van der Waals surface area contributed by atoms with Gasteiger partial charge in [-0.3, -0.25) is 4.99 Å². The first-order chi connectivity index (χ1) is 12.0. The van der Waals surface area contributed by atoms with E-state index in [1.165, 1.54) is 37.0 Å². The molecular weight excluding hydrogens is 356 g/mol. The minimum atomic E-state index is -3.14. The minimum Gasteiger partial charge on any atom is -0.355 e. The number of aliphatic imine (C=N–C) groups is 1. The van der Waals surface area contributed by atoms with Crippen molar-refractivity contribution in [1.29, 1.82) is 0 Å². The third-order valence-corrected chi connectivity index (χ3v) is 7.31. The Labute approximate surface area is 155 Å². The topological polar surface area (TPSA) is 82.6 Å². The third-order valence-electron chi connectivity index (χ3n) is 4.79. The van der Waals surface area contributed by atoms with Gasteiger partial charge in [0.25, 0.3) is 0 Å². The maximum absolute atomic E-state index is 11.4. The first kappa shape index (κ1) is 20.2. The van der Waals surface area contributed by atoms with Gasteiger partial charge in [-0.2, -0.15) is 0 Å². The number of nitrogens with one attached hydrogen (secondary N) is 3. The molecule has 3 N–H and O–H groups in total. The van der Waals surface area contributed by atoms with E-state index in [9.17, 15) is 8.42 Å². The Kier molecular flexibility index (Phi) is 7.71. The quantitative estimate of drug-likeness (QED) is 0.363. The van der Waals surface area contributed by atoms with Gasteiger partial charge < -0.3 is 10.6 Å². The molecule has 1 aliphatic carbocycles. The summed E-state index contributed by atoms with van der Waals surface area (Å²) in [5, 5.41) is 8.78. The van der Waals surface area contributed by atoms with Gasteiger partial charge in [-0.05, 0) is 31.2 Å². The van der Waals surface area contributed by atoms with Gasteiger partial charge in [-0.25, -0.2) is 13.1 Å². The second-order valence-electron chi connectivity index (χ2n) is 6.47. The number of nitrogens with zero attached hydrogens (tertiary/aromatic N) is 1. The van der Waals surface area contributed by atoms with Crippen LogP contribution in [-0.4, -0.2) is 46.8 Å². The zero-order valence-corrected chi connectivity index (χ0v) is 16.8. The van der Waals surface area contributed by atoms with Crippen LogP contribution in [0.4, 0.5) is 0 Å². The molecule has 1 aliphatic rings. The molecule has 6 nitrogen and oxygen atoms in total. The molecule has 0 aromatic carbocycles. The van der Waals surface area contributed by atoms with E-state index in [4.69, 9.17) is 0 Å². The van der Waals surface area contributed by atoms with E-state index in [0.717, 1.165) is 12.5 Å². The number of rotatable bonds is 8. The fourth-order valence-corrected chi connectivity index (χ4v) is 4.89. The van der Waals surface area contributed by atoms with Gasteiger partial charge in [0.2, 0.25) is 10.0 Å². The van der Waals surface area contributed by atoms with Gasteiger partial charge in [0.1, 0.15) is 0 Å². The number of guanidine groups is 1. The van der Waals surface area contributed by atoms with Crippen LogP contribution in [-0.2, 0) is 15.4 Å². The lowest BCUT2D eigenvalue weighted by molar-refractivity contribution is 0.296. The molecule has 142 valence electrons. The number of sulfonamides is 1. The molecule has 1 aromatic rings. The molecule has 1 fully saturated rings. The van der Waals surface area contributed by atoms with E-state index >= 15 is 0 Å². The van der Waals surface area contributed by atoms with E-state index in [0.29, 0.717) is 13.1 Å². The first-order valence-corrected chi connectivity index (χ1v) is 11.5. The lowest BCUT2D eigenvalue weighted by Gasteiger charge is -2.37. The van der Waals surface area contributed by atoms with Crippen LogP contribution in [0.2, 0.25) is 0 Å². The molecule has 25 heavy (non-hydrogen) atoms. The smallest absolute Gasteiger partial charge is 0.211 e. The Morgan fingerprint density at radius 3 is 2.60 bits per heavy atom. The molecule has 0 bridgehead atoms. The van der Waals surface area contributed by atoms with Crippen LogP contribution in [0.25, 0.3) is 0 Å². The van der Waals surface area contributed by atoms with Crippen LogP contribution >= 0.6 is 11.3 Å². The molecule has 0 amide bonds. The van der Waals surface area contributed by atoms with Crippen molar-refractivity contribution in [2.45, 2.75) is 44.4 Å². The van der Waals surface area contributed by atoms with E-state index in [1.807, 2.05) is 11.3 Å². The van der Waals surface area contributed by atoms with Gasteiger partial charge in [0.15, 0.2) is 5.96 Å². The molecule has 0 unspecified atom stereocenters. The average Bonchev–Trinajstić information content (AvgIpc) is 3.17. The lowest BCUT2D eigenvalue weighted by Crippen LogP contribution is -2.47. The Morgan fingerprint density at radius 1 is 1.24 bits per heavy atom. The fourth-order valence-electron chi connectivity index (χ4n) is 3.28. The van der Waals surface area contributed by atoms with Gasteiger partial charge in [-0.1, -0.05) is 25.3 Å². The zero-order chi connectivity index (χ0) is 18.2. The van der Waals surface area contributed by atoms with Crippen molar-refractivity contribution in [2.24, 2.45) is 4.99 Å². The predicted octanol–water partition coefficient (Wildman–Crippen LogP) is 2.05. The number of hydrogen-bond acceptors (Lipinski definition) is 4. The van der Waals surface area contributed by atoms with Crippen LogP contribution < -0.4 is 15.4 Å². The predicted molar refractivity (Wildman–Crippen MR) is 106 cm³/mol. The first-order valence-electron chi connectivity index (χ1n) is 8.97. The summed E-state index contributed by atoms with van der Waals surface area (Å²) >= 11 is 1.84. The van der Waals surface area contributed by atoms with Crippen molar-refractivity contribution in [2.75, 3.05) is 32.4 Å². The largest absolute Gasteiger partial charge is 0.355 e. The molecule has 2 rings (SSSR count). The van der Waals surface area contributed by atoms with Crippen LogP contribution in [0.3, 0.4) is 0 Å². The molecule has 0 aliphatic heterocycles. The third kappa shape index (κ3) is 5.97. The monoisotopic (exact) mass is 386 g/mol. The molecule has 0 saturated heterocycles. The molecule has 1 aromatic heterocycles. The molecule has 0 atom stereocenters. The van der Waals surface area contributed by atoms with Gasteiger partial charge in [0, 0.05) is 37.0 Å². The van der Waals surface area contributed by atoms with Crippen molar-refractivity contribution in [3.05, 3.63) is 22.4 Å². The van der Waals surface area contributed by atoms with Crippen molar-refractivity contribution in [3.63, 3.8) is 0 Å². The van der Waals surface area contributed by atoms with Crippen LogP contribution in [0.15, 0.2) is 22.5 Å². The Bertz CT molecular complexity index is 636. The van der Waals surface area contributed by atoms with E-state index in [-0.39, 0.29) is 11.2 Å². The molecule has 0 radical (unpaired) electrons. The van der Waals surface area contributed by atoms with Gasteiger partial charge in [0.05, 0.1) is 5.75 Å². The van der Waals surface area contributed by atoms with Crippen LogP contribution in [0.5, 0.6) is 0 Å². The standard InChI is InChI=1S/C17H30N4O2S2/c1-3-25(22,23)21-12-11-19-16(18-2)20-14-17(9-5-4-6-10-17)15-8-7-13-24-15/h7-8,13,21H,3-6,9-12,14H2,1-2H3,(H2,18,19,20). The summed E-state index contributed by atoms with van der Waals surface area (Å²) in [7, 11) is -1.40. The maximum atomic E-state index is 11.4. The molecular formula is C17H30N4O2S2. The Morgan fingerprint density at radius 2 is 2.00 bits per heavy atom. The van der Waals surface area contributed by atoms with Crippen molar-refractivity contribution < 1.29 is 8.42 Å². The summed E-state index contributed by atoms with van der Waals surface area (Å²) in [6, 6.07) is 4.37. The highest BCUT2D eigenvalue weighted by Gasteiger charge is 2.34. The van der Waals surface area contributed by atoms with Crippen molar-refractivity contribution >= 4 is 27.3 Å². The summed E-state index contributed by atoms with van der Waals surface area (Å²) in [5.74, 6) is 0.820. The van der Waals surface area contributed by atoms with Crippen molar-refractivity contribution in [1.82, 2.24) is 15.4 Å². The van der Waals surface area contributed by atoms with E-state index < -0.39 is 10.0 Å². The Balaban J connectivity index is 1.86. The van der Waals surface area contributed by atoms with Gasteiger partial charge >= 0.3 is 0 Å². The normalized spacial score (nSPS) is 18.1. The molecule has 8 heteroatoms. The maximum Gasteiger partial charge on any atom is 0.211 e. The number of hydrogen-bond donors (Lipinski definition) is 3. The van der Waals surface area contributed by atoms with Crippen LogP contribution in [0.1, 0.15) is 43.9 Å². The SMILES string of the molecule is CCS(=O)(=O)NCCNC(=NC)NCC1(c2cccs2)CCCCC1. The van der Waals surface area contributed by atoms with E-state index in [2.05, 4.69) is 37.9 Å². The summed E-state index contributed by atoms with van der Waals surface area (Å²) in [4.78, 5) is 5.71. The summed E-state index contributed by atoms with van der Waals surface area (Å²) in [6.45, 7) is 3.34. The highest BCUT2D eigenvalue weighted by Crippen LogP contribution is 2.40. The summed E-state index contributed by atoms with van der Waals surface area (Å²) in [5.41, 5.74) is 0.188. The minimum absolute atomic E-state index is 0.101. The second-order valence-corrected chi connectivity index (χ2v) is 9.51. The highest BCUT2D eigenvalue weighted by molar-refractivity contribution is 7.89. The highest BCUT2D eigenvalue weighted by atomic mass is 32.2. The lowest BCUT2D eigenvalue weighted by atomic mass is 9.73. The van der Waals surface area contributed by atoms with Crippen molar-refractivity contribution in [3.8, 4) is 0 Å². The average molecular weight is 387 g/mol. The summed E-state index contributed by atoms with van der Waals surface area (Å²) in [6.07, 6.45) is 6.26. The molecule has 1 heterocycles.